The molecule has 1 heterocycles. The van der Waals surface area contributed by atoms with Crippen LogP contribution < -0.4 is 0 Å². The third kappa shape index (κ3) is 5.70. The Morgan fingerprint density at radius 3 is 2.31 bits per heavy atom. The number of rotatable bonds is 9. The van der Waals surface area contributed by atoms with E-state index in [-0.39, 0.29) is 5.92 Å². The molecule has 0 spiro atoms. The maximum atomic E-state index is 13.0. The van der Waals surface area contributed by atoms with Gasteiger partial charge in [-0.3, -0.25) is 4.79 Å². The molecule has 0 amide bonds. The number of carboxylic acids is 1. The summed E-state index contributed by atoms with van der Waals surface area (Å²) >= 11 is 1.40. The molecule has 9 heteroatoms. The maximum absolute atomic E-state index is 13.0. The van der Waals surface area contributed by atoms with Crippen molar-refractivity contribution in [2.45, 2.75) is 43.9 Å². The molecular weight excluding hydrogens is 527 g/mol. The Bertz CT molecular complexity index is 1400. The van der Waals surface area contributed by atoms with Gasteiger partial charge in [0.25, 0.3) is 0 Å². The summed E-state index contributed by atoms with van der Waals surface area (Å²) in [6.45, 7) is 1.75. The van der Waals surface area contributed by atoms with Crippen LogP contribution in [0.25, 0.3) is 22.5 Å². The standard InChI is InChI=1S/C30H28F3NO4S/c1-18-26(25(35)17-39-16-19-3-2-4-24(15-19)30(31,32)33)27(38-34-18)22-7-5-20(6-8-22)21-9-11-23(12-10-21)29(13-14-29)28(36)37/h2,4-12,15,19,25,35H,3,13-14,16-17H2,1H3,(H,36,37). The molecule has 1 fully saturated rings. The molecule has 5 rings (SSSR count). The topological polar surface area (TPSA) is 83.6 Å². The molecule has 3 aromatic rings. The highest BCUT2D eigenvalue weighted by Crippen LogP contribution is 2.48. The van der Waals surface area contributed by atoms with E-state index in [2.05, 4.69) is 5.16 Å². The molecular formula is C30H28F3NO4S. The number of carboxylic acid groups (broad SMARTS) is 1. The molecule has 2 aliphatic rings. The van der Waals surface area contributed by atoms with E-state index in [0.29, 0.717) is 47.8 Å². The number of nitrogens with zero attached hydrogens (tertiary/aromatic N) is 1. The second-order valence-corrected chi connectivity index (χ2v) is 11.2. The van der Waals surface area contributed by atoms with E-state index in [0.717, 1.165) is 28.3 Å². The van der Waals surface area contributed by atoms with Crippen LogP contribution in [0.15, 0.2) is 76.9 Å². The molecule has 2 aromatic carbocycles. The maximum Gasteiger partial charge on any atom is 0.416 e. The molecule has 39 heavy (non-hydrogen) atoms. The number of hydrogen-bond acceptors (Lipinski definition) is 5. The van der Waals surface area contributed by atoms with Gasteiger partial charge in [-0.05, 0) is 54.5 Å². The van der Waals surface area contributed by atoms with Gasteiger partial charge in [-0.1, -0.05) is 71.9 Å². The summed E-state index contributed by atoms with van der Waals surface area (Å²) in [7, 11) is 0. The molecule has 1 saturated carbocycles. The number of alkyl halides is 3. The lowest BCUT2D eigenvalue weighted by atomic mass is 9.93. The van der Waals surface area contributed by atoms with Crippen molar-refractivity contribution in [3.63, 3.8) is 0 Å². The van der Waals surface area contributed by atoms with Crippen molar-refractivity contribution in [2.24, 2.45) is 5.92 Å². The third-order valence-corrected chi connectivity index (χ3v) is 8.62. The number of allylic oxidation sites excluding steroid dienone is 4. The minimum absolute atomic E-state index is 0.243. The number of aryl methyl sites for hydroxylation is 1. The van der Waals surface area contributed by atoms with E-state index >= 15 is 0 Å². The molecule has 204 valence electrons. The number of aliphatic hydroxyl groups excluding tert-OH is 1. The molecule has 2 N–H and O–H groups in total. The van der Waals surface area contributed by atoms with Crippen LogP contribution in [0.1, 0.15) is 42.2 Å². The van der Waals surface area contributed by atoms with Gasteiger partial charge in [0.1, 0.15) is 0 Å². The van der Waals surface area contributed by atoms with E-state index in [9.17, 15) is 28.2 Å². The van der Waals surface area contributed by atoms with Gasteiger partial charge in [-0.2, -0.15) is 24.9 Å². The largest absolute Gasteiger partial charge is 0.481 e. The van der Waals surface area contributed by atoms with Crippen molar-refractivity contribution in [3.8, 4) is 22.5 Å². The molecule has 0 aliphatic heterocycles. The van der Waals surface area contributed by atoms with Crippen LogP contribution in [0, 0.1) is 12.8 Å². The first-order chi connectivity index (χ1) is 18.6. The van der Waals surface area contributed by atoms with E-state index in [1.54, 1.807) is 13.0 Å². The first-order valence-electron chi connectivity index (χ1n) is 12.7. The molecule has 2 atom stereocenters. The zero-order valence-electron chi connectivity index (χ0n) is 21.2. The average molecular weight is 556 g/mol. The zero-order valence-corrected chi connectivity index (χ0v) is 22.1. The van der Waals surface area contributed by atoms with Crippen LogP contribution in [-0.4, -0.2) is 39.0 Å². The SMILES string of the molecule is Cc1noc(-c2ccc(-c3ccc(C4(C(=O)O)CC4)cc3)cc2)c1C(O)CSCC1C=C(C(F)(F)F)C=CC1. The normalized spacial score (nSPS) is 19.0. The number of hydrogen-bond donors (Lipinski definition) is 2. The molecule has 5 nitrogen and oxygen atoms in total. The number of aliphatic carboxylic acids is 1. The lowest BCUT2D eigenvalue weighted by Gasteiger charge is -2.19. The number of thioether (sulfide) groups is 1. The number of benzene rings is 2. The minimum atomic E-state index is -4.35. The monoisotopic (exact) mass is 555 g/mol. The molecule has 0 radical (unpaired) electrons. The van der Waals surface area contributed by atoms with Crippen LogP contribution in [0.5, 0.6) is 0 Å². The average Bonchev–Trinajstić information content (AvgIpc) is 3.65. The summed E-state index contributed by atoms with van der Waals surface area (Å²) in [4.78, 5) is 11.6. The molecule has 2 aliphatic carbocycles. The van der Waals surface area contributed by atoms with E-state index < -0.39 is 29.2 Å². The smallest absolute Gasteiger partial charge is 0.416 e. The van der Waals surface area contributed by atoms with Gasteiger partial charge < -0.3 is 14.7 Å². The lowest BCUT2D eigenvalue weighted by Crippen LogP contribution is -2.19. The van der Waals surface area contributed by atoms with Gasteiger partial charge in [0, 0.05) is 11.3 Å². The fraction of sp³-hybridized carbons (Fsp3) is 0.333. The predicted molar refractivity (Wildman–Crippen MR) is 144 cm³/mol. The quantitative estimate of drug-likeness (QED) is 0.289. The second kappa shape index (κ2) is 10.7. The summed E-state index contributed by atoms with van der Waals surface area (Å²) in [6.07, 6.45) is 0.540. The zero-order chi connectivity index (χ0) is 27.8. The van der Waals surface area contributed by atoms with Crippen LogP contribution in [0.3, 0.4) is 0 Å². The first kappa shape index (κ1) is 27.3. The predicted octanol–water partition coefficient (Wildman–Crippen LogP) is 7.26. The van der Waals surface area contributed by atoms with Gasteiger partial charge in [-0.25, -0.2) is 0 Å². The molecule has 2 unspecified atom stereocenters. The van der Waals surface area contributed by atoms with Gasteiger partial charge in [0.05, 0.1) is 28.3 Å². The second-order valence-electron chi connectivity index (χ2n) is 10.1. The minimum Gasteiger partial charge on any atom is -0.481 e. The Morgan fingerprint density at radius 2 is 1.72 bits per heavy atom. The van der Waals surface area contributed by atoms with Crippen molar-refractivity contribution in [3.05, 3.63) is 89.2 Å². The number of aromatic nitrogens is 1. The van der Waals surface area contributed by atoms with Crippen molar-refractivity contribution >= 4 is 17.7 Å². The Balaban J connectivity index is 1.25. The lowest BCUT2D eigenvalue weighted by molar-refractivity contribution is -0.140. The molecule has 0 bridgehead atoms. The summed E-state index contributed by atoms with van der Waals surface area (Å²) in [5.41, 5.74) is 3.24. The van der Waals surface area contributed by atoms with E-state index in [4.69, 9.17) is 4.52 Å². The summed E-state index contributed by atoms with van der Waals surface area (Å²) in [5.74, 6) is 0.192. The van der Waals surface area contributed by atoms with Gasteiger partial charge in [0.15, 0.2) is 5.76 Å². The van der Waals surface area contributed by atoms with Crippen LogP contribution in [-0.2, 0) is 10.2 Å². The van der Waals surface area contributed by atoms with Crippen molar-refractivity contribution in [1.82, 2.24) is 5.16 Å². The highest BCUT2D eigenvalue weighted by molar-refractivity contribution is 7.99. The van der Waals surface area contributed by atoms with Gasteiger partial charge in [0.2, 0.25) is 0 Å². The van der Waals surface area contributed by atoms with Crippen molar-refractivity contribution in [2.75, 3.05) is 11.5 Å². The fourth-order valence-electron chi connectivity index (χ4n) is 4.99. The Kier molecular flexibility index (Phi) is 7.48. The number of halogens is 3. The summed E-state index contributed by atoms with van der Waals surface area (Å²) < 4.78 is 44.6. The Morgan fingerprint density at radius 1 is 1.10 bits per heavy atom. The van der Waals surface area contributed by atoms with Gasteiger partial charge in [-0.15, -0.1) is 0 Å². The summed E-state index contributed by atoms with van der Waals surface area (Å²) in [5, 5.41) is 24.5. The van der Waals surface area contributed by atoms with E-state index in [1.807, 2.05) is 48.5 Å². The van der Waals surface area contributed by atoms with E-state index in [1.165, 1.54) is 17.8 Å². The fourth-order valence-corrected chi connectivity index (χ4v) is 6.05. The number of aliphatic hydroxyl groups is 1. The highest BCUT2D eigenvalue weighted by Gasteiger charge is 2.51. The third-order valence-electron chi connectivity index (χ3n) is 7.41. The Labute approximate surface area is 228 Å². The summed E-state index contributed by atoms with van der Waals surface area (Å²) in [6, 6.07) is 15.2. The number of carbonyl (C=O) groups is 1. The van der Waals surface area contributed by atoms with Crippen molar-refractivity contribution in [1.29, 1.82) is 0 Å². The van der Waals surface area contributed by atoms with Gasteiger partial charge >= 0.3 is 12.1 Å². The molecule has 0 saturated heterocycles. The van der Waals surface area contributed by atoms with Crippen LogP contribution >= 0.6 is 11.8 Å². The highest BCUT2D eigenvalue weighted by atomic mass is 32.2. The Hall–Kier alpha value is -3.30. The van der Waals surface area contributed by atoms with Crippen LogP contribution in [0.2, 0.25) is 0 Å². The molecule has 1 aromatic heterocycles. The first-order valence-corrected chi connectivity index (χ1v) is 13.9. The van der Waals surface area contributed by atoms with Crippen LogP contribution in [0.4, 0.5) is 13.2 Å². The van der Waals surface area contributed by atoms with Crippen molar-refractivity contribution < 1.29 is 32.7 Å².